The van der Waals surface area contributed by atoms with Crippen molar-refractivity contribution in [2.75, 3.05) is 58.8 Å². The Balaban J connectivity index is 0.000000553. The van der Waals surface area contributed by atoms with Crippen LogP contribution in [0.4, 0.5) is 10.5 Å². The predicted molar refractivity (Wildman–Crippen MR) is 152 cm³/mol. The molecular weight excluding hydrogens is 535 g/mol. The van der Waals surface area contributed by atoms with Crippen LogP contribution in [0, 0.1) is 0 Å². The fourth-order valence-electron chi connectivity index (χ4n) is 3.78. The number of nitrogens with one attached hydrogen (secondary N) is 1. The number of nitrogens with zero attached hydrogens (tertiary/aromatic N) is 3. The Kier molecular flexibility index (Phi) is 19.6. The number of hydrogen-bond acceptors (Lipinski definition) is 7. The van der Waals surface area contributed by atoms with E-state index in [-0.39, 0.29) is 12.5 Å². The second-order valence-corrected chi connectivity index (χ2v) is 9.71. The summed E-state index contributed by atoms with van der Waals surface area (Å²) in [5.41, 5.74) is 1.06. The van der Waals surface area contributed by atoms with Gasteiger partial charge in [0, 0.05) is 59.8 Å². The molecule has 1 saturated carbocycles. The van der Waals surface area contributed by atoms with Crippen LogP contribution in [0.1, 0.15) is 45.4 Å². The summed E-state index contributed by atoms with van der Waals surface area (Å²) >= 11 is 12.2. The number of carbonyl (C=O) groups excluding carboxylic acids is 2. The molecule has 0 spiro atoms. The standard InChI is InChI=1S/C12H16Cl2N2.C9H18N2O.C4H6O4.CH4O/c1-2-15-6-8-16(9-7-15)11-5-3-4-10(13)12(11)14;1-11(2)9(12)10-8-6-4-3-5-7-8;5-2-1-3(6)4(7)8;1-2/h3-5H,2,6-9H2,1H3;8H,3-7H2,1-2H3,(H,10,12);2-3,6H,1H2,(H,7,8);2H,1H3. The van der Waals surface area contributed by atoms with Crippen molar-refractivity contribution in [3.8, 4) is 0 Å². The number of hydrogen-bond donors (Lipinski definition) is 4. The Morgan fingerprint density at radius 3 is 2.13 bits per heavy atom. The molecule has 2 fully saturated rings. The number of likely N-dealkylation sites (N-methyl/N-ethyl adjacent to an activating group) is 1. The molecule has 1 aromatic rings. The van der Waals surface area contributed by atoms with Crippen LogP contribution >= 0.6 is 23.2 Å². The minimum atomic E-state index is -1.53. The molecular formula is C26H44Cl2N4O6. The first-order valence-electron chi connectivity index (χ1n) is 12.8. The molecule has 1 aliphatic heterocycles. The molecule has 1 aromatic carbocycles. The number of halogens is 2. The normalized spacial score (nSPS) is 16.3. The molecule has 10 nitrogen and oxygen atoms in total. The molecule has 1 heterocycles. The molecule has 218 valence electrons. The second kappa shape index (κ2) is 20.8. The number of aliphatic carboxylic acids is 1. The lowest BCUT2D eigenvalue weighted by atomic mass is 9.96. The SMILES string of the molecule is CCN1CCN(c2cccc(Cl)c2Cl)CC1.CN(C)C(=O)NC1CCCCC1.CO.O=CCC(O)C(=O)O. The highest BCUT2D eigenvalue weighted by Gasteiger charge is 2.18. The van der Waals surface area contributed by atoms with E-state index >= 15 is 0 Å². The topological polar surface area (TPSA) is 134 Å². The Labute approximate surface area is 236 Å². The first kappa shape index (κ1) is 35.9. The summed E-state index contributed by atoms with van der Waals surface area (Å²) < 4.78 is 0. The quantitative estimate of drug-likeness (QED) is 0.377. The number of aldehydes is 1. The van der Waals surface area contributed by atoms with Gasteiger partial charge in [-0.05, 0) is 31.5 Å². The number of anilines is 1. The zero-order valence-electron chi connectivity index (χ0n) is 22.9. The highest BCUT2D eigenvalue weighted by atomic mass is 35.5. The first-order chi connectivity index (χ1) is 18.1. The van der Waals surface area contributed by atoms with Gasteiger partial charge in [-0.2, -0.15) is 0 Å². The number of piperazine rings is 1. The molecule has 1 unspecified atom stereocenters. The molecule has 1 atom stereocenters. The number of urea groups is 1. The van der Waals surface area contributed by atoms with Gasteiger partial charge in [-0.15, -0.1) is 0 Å². The van der Waals surface area contributed by atoms with Crippen molar-refractivity contribution in [2.45, 2.75) is 57.6 Å². The van der Waals surface area contributed by atoms with Gasteiger partial charge in [-0.3, -0.25) is 0 Å². The van der Waals surface area contributed by atoms with E-state index in [1.807, 2.05) is 18.2 Å². The smallest absolute Gasteiger partial charge is 0.332 e. The van der Waals surface area contributed by atoms with E-state index in [4.69, 9.17) is 38.5 Å². The molecule has 2 aliphatic rings. The monoisotopic (exact) mass is 578 g/mol. The minimum Gasteiger partial charge on any atom is -0.479 e. The molecule has 1 aliphatic carbocycles. The van der Waals surface area contributed by atoms with Gasteiger partial charge in [-0.1, -0.05) is 55.5 Å². The van der Waals surface area contributed by atoms with E-state index in [1.54, 1.807) is 19.0 Å². The maximum atomic E-state index is 11.2. The summed E-state index contributed by atoms with van der Waals surface area (Å²) in [5.74, 6) is -1.36. The third-order valence-electron chi connectivity index (χ3n) is 6.03. The fourth-order valence-corrected chi connectivity index (χ4v) is 4.20. The van der Waals surface area contributed by atoms with Crippen molar-refractivity contribution in [3.63, 3.8) is 0 Å². The predicted octanol–water partition coefficient (Wildman–Crippen LogP) is 3.36. The van der Waals surface area contributed by atoms with Gasteiger partial charge in [-0.25, -0.2) is 9.59 Å². The van der Waals surface area contributed by atoms with Crippen molar-refractivity contribution in [1.82, 2.24) is 15.1 Å². The third kappa shape index (κ3) is 14.2. The van der Waals surface area contributed by atoms with Crippen molar-refractivity contribution in [1.29, 1.82) is 0 Å². The Morgan fingerprint density at radius 1 is 1.11 bits per heavy atom. The van der Waals surface area contributed by atoms with Gasteiger partial charge in [0.25, 0.3) is 0 Å². The molecule has 3 rings (SSSR count). The number of benzene rings is 1. The van der Waals surface area contributed by atoms with E-state index in [0.717, 1.165) is 58.4 Å². The zero-order valence-corrected chi connectivity index (χ0v) is 24.4. The Bertz CT molecular complexity index is 817. The van der Waals surface area contributed by atoms with E-state index in [1.165, 1.54) is 19.3 Å². The van der Waals surface area contributed by atoms with Gasteiger partial charge in [0.05, 0.1) is 15.7 Å². The van der Waals surface area contributed by atoms with Crippen LogP contribution in [0.25, 0.3) is 0 Å². The van der Waals surface area contributed by atoms with Gasteiger partial charge in [0.2, 0.25) is 0 Å². The van der Waals surface area contributed by atoms with Crippen molar-refractivity contribution >= 4 is 47.2 Å². The summed E-state index contributed by atoms with van der Waals surface area (Å²) in [6.45, 7) is 7.56. The minimum absolute atomic E-state index is 0.0434. The largest absolute Gasteiger partial charge is 0.479 e. The summed E-state index contributed by atoms with van der Waals surface area (Å²) in [7, 11) is 4.55. The van der Waals surface area contributed by atoms with E-state index in [9.17, 15) is 14.4 Å². The highest BCUT2D eigenvalue weighted by molar-refractivity contribution is 6.43. The maximum Gasteiger partial charge on any atom is 0.332 e. The molecule has 38 heavy (non-hydrogen) atoms. The number of rotatable bonds is 6. The number of carboxylic acids is 1. The summed E-state index contributed by atoms with van der Waals surface area (Å²) in [5, 5.41) is 27.5. The number of aliphatic hydroxyl groups is 2. The lowest BCUT2D eigenvalue weighted by molar-refractivity contribution is -0.147. The van der Waals surface area contributed by atoms with Crippen molar-refractivity contribution < 1.29 is 29.7 Å². The summed E-state index contributed by atoms with van der Waals surface area (Å²) in [6.07, 6.45) is 4.64. The lowest BCUT2D eigenvalue weighted by Crippen LogP contribution is -2.46. The van der Waals surface area contributed by atoms with Crippen LogP contribution in [0.3, 0.4) is 0 Å². The van der Waals surface area contributed by atoms with Gasteiger partial charge < -0.3 is 40.1 Å². The first-order valence-corrected chi connectivity index (χ1v) is 13.5. The van der Waals surface area contributed by atoms with Gasteiger partial charge in [0.15, 0.2) is 6.10 Å². The number of amides is 2. The summed E-state index contributed by atoms with van der Waals surface area (Å²) in [4.78, 5) is 36.7. The van der Waals surface area contributed by atoms with Crippen LogP contribution in [0.5, 0.6) is 0 Å². The molecule has 0 bridgehead atoms. The van der Waals surface area contributed by atoms with Crippen molar-refractivity contribution in [2.24, 2.45) is 0 Å². The van der Waals surface area contributed by atoms with Crippen molar-refractivity contribution in [3.05, 3.63) is 28.2 Å². The molecule has 0 aromatic heterocycles. The molecule has 2 amide bonds. The van der Waals surface area contributed by atoms with Crippen LogP contribution in [0.2, 0.25) is 10.0 Å². The van der Waals surface area contributed by atoms with Crippen LogP contribution in [-0.2, 0) is 9.59 Å². The van der Waals surface area contributed by atoms with Crippen LogP contribution in [-0.4, -0.2) is 109 Å². The van der Waals surface area contributed by atoms with Crippen LogP contribution in [0.15, 0.2) is 18.2 Å². The molecule has 1 saturated heterocycles. The number of aliphatic hydroxyl groups excluding tert-OH is 2. The maximum absolute atomic E-state index is 11.2. The zero-order chi connectivity index (χ0) is 29.1. The number of carbonyl (C=O) groups is 3. The molecule has 0 radical (unpaired) electrons. The summed E-state index contributed by atoms with van der Waals surface area (Å²) in [6, 6.07) is 6.29. The Hall–Kier alpha value is -2.11. The van der Waals surface area contributed by atoms with Gasteiger partial charge in [0.1, 0.15) is 6.29 Å². The lowest BCUT2D eigenvalue weighted by Gasteiger charge is -2.36. The second-order valence-electron chi connectivity index (χ2n) is 8.93. The van der Waals surface area contributed by atoms with E-state index in [0.29, 0.717) is 22.4 Å². The molecule has 4 N–H and O–H groups in total. The highest BCUT2D eigenvalue weighted by Crippen LogP contribution is 2.32. The van der Waals surface area contributed by atoms with Gasteiger partial charge >= 0.3 is 12.0 Å². The van der Waals surface area contributed by atoms with Crippen LogP contribution < -0.4 is 10.2 Å². The average molecular weight is 580 g/mol. The number of carboxylic acid groups (broad SMARTS) is 1. The third-order valence-corrected chi connectivity index (χ3v) is 6.84. The Morgan fingerprint density at radius 2 is 1.68 bits per heavy atom. The van der Waals surface area contributed by atoms with E-state index in [2.05, 4.69) is 22.0 Å². The average Bonchev–Trinajstić information content (AvgIpc) is 2.93. The fraction of sp³-hybridized carbons (Fsp3) is 0.654. The van der Waals surface area contributed by atoms with E-state index < -0.39 is 12.1 Å². The molecule has 12 heteroatoms.